The Hall–Kier alpha value is -1.51. The SMILES string of the molecule is O=[N+]([O-])c1cn(Cc2cc(F)ccc2F)cc1I. The van der Waals surface area contributed by atoms with Gasteiger partial charge in [0.2, 0.25) is 0 Å². The lowest BCUT2D eigenvalue weighted by atomic mass is 10.2. The summed E-state index contributed by atoms with van der Waals surface area (Å²) in [6.07, 6.45) is 2.81. The Morgan fingerprint density at radius 1 is 1.33 bits per heavy atom. The molecule has 18 heavy (non-hydrogen) atoms. The quantitative estimate of drug-likeness (QED) is 0.477. The fourth-order valence-corrected chi connectivity index (χ4v) is 2.25. The van der Waals surface area contributed by atoms with Crippen molar-refractivity contribution in [3.63, 3.8) is 0 Å². The second-order valence-corrected chi connectivity index (χ2v) is 4.82. The summed E-state index contributed by atoms with van der Waals surface area (Å²) in [7, 11) is 0. The molecule has 1 aromatic heterocycles. The van der Waals surface area contributed by atoms with Crippen LogP contribution >= 0.6 is 22.6 Å². The summed E-state index contributed by atoms with van der Waals surface area (Å²) in [4.78, 5) is 10.1. The maximum Gasteiger partial charge on any atom is 0.300 e. The summed E-state index contributed by atoms with van der Waals surface area (Å²) in [6, 6.07) is 3.14. The predicted molar refractivity (Wildman–Crippen MR) is 69.3 cm³/mol. The second kappa shape index (κ2) is 5.01. The Morgan fingerprint density at radius 2 is 2.06 bits per heavy atom. The second-order valence-electron chi connectivity index (χ2n) is 3.66. The first-order valence-electron chi connectivity index (χ1n) is 4.91. The number of halogens is 3. The van der Waals surface area contributed by atoms with Gasteiger partial charge >= 0.3 is 0 Å². The summed E-state index contributed by atoms with van der Waals surface area (Å²) >= 11 is 1.82. The fraction of sp³-hybridized carbons (Fsp3) is 0.0909. The van der Waals surface area contributed by atoms with E-state index < -0.39 is 16.6 Å². The van der Waals surface area contributed by atoms with Crippen molar-refractivity contribution in [3.8, 4) is 0 Å². The first kappa shape index (κ1) is 12.9. The Bertz CT molecular complexity index is 613. The molecule has 0 N–H and O–H groups in total. The van der Waals surface area contributed by atoms with Gasteiger partial charge in [0.25, 0.3) is 5.69 Å². The van der Waals surface area contributed by atoms with Crippen LogP contribution in [0.2, 0.25) is 0 Å². The van der Waals surface area contributed by atoms with E-state index in [0.717, 1.165) is 18.2 Å². The van der Waals surface area contributed by atoms with E-state index in [2.05, 4.69) is 0 Å². The van der Waals surface area contributed by atoms with E-state index >= 15 is 0 Å². The van der Waals surface area contributed by atoms with Gasteiger partial charge in [-0.15, -0.1) is 0 Å². The first-order chi connectivity index (χ1) is 8.47. The van der Waals surface area contributed by atoms with Crippen molar-refractivity contribution in [3.05, 3.63) is 61.5 Å². The van der Waals surface area contributed by atoms with Crippen LogP contribution in [0.4, 0.5) is 14.5 Å². The summed E-state index contributed by atoms with van der Waals surface area (Å²) < 4.78 is 28.3. The molecule has 0 spiro atoms. The molecule has 0 aliphatic rings. The number of aromatic nitrogens is 1. The minimum absolute atomic E-state index is 0.0487. The van der Waals surface area contributed by atoms with Crippen LogP contribution < -0.4 is 0 Å². The van der Waals surface area contributed by atoms with Gasteiger partial charge in [0, 0.05) is 11.8 Å². The van der Waals surface area contributed by atoms with Crippen LogP contribution in [0.15, 0.2) is 30.6 Å². The Labute approximate surface area is 115 Å². The molecule has 94 valence electrons. The van der Waals surface area contributed by atoms with E-state index in [-0.39, 0.29) is 17.8 Å². The summed E-state index contributed by atoms with van der Waals surface area (Å²) in [5.74, 6) is -1.08. The average molecular weight is 364 g/mol. The van der Waals surface area contributed by atoms with Gasteiger partial charge in [-0.3, -0.25) is 10.1 Å². The van der Waals surface area contributed by atoms with E-state index in [1.54, 1.807) is 0 Å². The average Bonchev–Trinajstić information content (AvgIpc) is 2.65. The molecule has 1 heterocycles. The lowest BCUT2D eigenvalue weighted by molar-refractivity contribution is -0.385. The van der Waals surface area contributed by atoms with Crippen LogP contribution in [0.25, 0.3) is 0 Å². The van der Waals surface area contributed by atoms with Crippen LogP contribution in [-0.4, -0.2) is 9.49 Å². The van der Waals surface area contributed by atoms with Crippen molar-refractivity contribution >= 4 is 28.3 Å². The highest BCUT2D eigenvalue weighted by Gasteiger charge is 2.15. The Balaban J connectivity index is 2.31. The predicted octanol–water partition coefficient (Wildman–Crippen LogP) is 3.33. The van der Waals surface area contributed by atoms with Gasteiger partial charge in [-0.2, -0.15) is 0 Å². The molecule has 0 bridgehead atoms. The Kier molecular flexibility index (Phi) is 3.60. The number of nitrogens with zero attached hydrogens (tertiary/aromatic N) is 2. The summed E-state index contributed by atoms with van der Waals surface area (Å²) in [6.45, 7) is 0.0490. The van der Waals surface area contributed by atoms with Crippen LogP contribution in [-0.2, 0) is 6.54 Å². The minimum atomic E-state index is -0.539. The lowest BCUT2D eigenvalue weighted by Gasteiger charge is -2.04. The third-order valence-electron chi connectivity index (χ3n) is 2.37. The number of hydrogen-bond acceptors (Lipinski definition) is 2. The highest BCUT2D eigenvalue weighted by atomic mass is 127. The summed E-state index contributed by atoms with van der Waals surface area (Å²) in [5, 5.41) is 10.7. The van der Waals surface area contributed by atoms with Gasteiger partial charge in [-0.05, 0) is 40.8 Å². The summed E-state index contributed by atoms with van der Waals surface area (Å²) in [5.41, 5.74) is 0.101. The molecule has 0 unspecified atom stereocenters. The molecule has 0 fully saturated rings. The molecule has 2 aromatic rings. The molecule has 1 aromatic carbocycles. The number of rotatable bonds is 3. The monoisotopic (exact) mass is 364 g/mol. The third-order valence-corrected chi connectivity index (χ3v) is 3.20. The smallest absolute Gasteiger partial charge is 0.300 e. The molecule has 0 amide bonds. The van der Waals surface area contributed by atoms with Gasteiger partial charge in [0.05, 0.1) is 17.7 Å². The number of hydrogen-bond donors (Lipinski definition) is 0. The maximum absolute atomic E-state index is 13.4. The zero-order valence-electron chi connectivity index (χ0n) is 8.94. The number of nitro groups is 1. The van der Waals surface area contributed by atoms with Crippen LogP contribution in [0.1, 0.15) is 5.56 Å². The molecule has 4 nitrogen and oxygen atoms in total. The number of benzene rings is 1. The molecule has 0 aliphatic carbocycles. The largest absolute Gasteiger partial charge is 0.342 e. The standard InChI is InChI=1S/C11H7F2IN2O2/c12-8-1-2-9(13)7(3-8)4-15-5-10(14)11(6-15)16(17)18/h1-3,5-6H,4H2. The van der Waals surface area contributed by atoms with E-state index in [1.165, 1.54) is 17.0 Å². The maximum atomic E-state index is 13.4. The fourth-order valence-electron chi connectivity index (χ4n) is 1.55. The molecule has 0 radical (unpaired) electrons. The third kappa shape index (κ3) is 2.66. The molecular formula is C11H7F2IN2O2. The lowest BCUT2D eigenvalue weighted by Crippen LogP contribution is -2.00. The van der Waals surface area contributed by atoms with Gasteiger partial charge in [0.1, 0.15) is 15.2 Å². The van der Waals surface area contributed by atoms with Gasteiger partial charge < -0.3 is 4.57 Å². The van der Waals surface area contributed by atoms with E-state index in [0.29, 0.717) is 3.57 Å². The first-order valence-corrected chi connectivity index (χ1v) is 5.99. The van der Waals surface area contributed by atoms with Crippen LogP contribution in [0, 0.1) is 25.3 Å². The van der Waals surface area contributed by atoms with Crippen LogP contribution in [0.3, 0.4) is 0 Å². The van der Waals surface area contributed by atoms with Crippen molar-refractivity contribution in [2.75, 3.05) is 0 Å². The van der Waals surface area contributed by atoms with Gasteiger partial charge in [-0.25, -0.2) is 8.78 Å². The van der Waals surface area contributed by atoms with Crippen molar-refractivity contribution in [2.24, 2.45) is 0 Å². The molecular weight excluding hydrogens is 357 g/mol. The van der Waals surface area contributed by atoms with Gasteiger partial charge in [0.15, 0.2) is 0 Å². The zero-order valence-corrected chi connectivity index (χ0v) is 11.1. The zero-order chi connectivity index (χ0) is 13.3. The molecule has 2 rings (SSSR count). The normalized spacial score (nSPS) is 10.6. The molecule has 0 aliphatic heterocycles. The van der Waals surface area contributed by atoms with Crippen molar-refractivity contribution in [1.29, 1.82) is 0 Å². The molecule has 0 saturated carbocycles. The van der Waals surface area contributed by atoms with E-state index in [4.69, 9.17) is 0 Å². The molecule has 0 atom stereocenters. The van der Waals surface area contributed by atoms with E-state index in [9.17, 15) is 18.9 Å². The topological polar surface area (TPSA) is 48.1 Å². The Morgan fingerprint density at radius 3 is 2.67 bits per heavy atom. The van der Waals surface area contributed by atoms with Crippen molar-refractivity contribution in [1.82, 2.24) is 4.57 Å². The highest BCUT2D eigenvalue weighted by Crippen LogP contribution is 2.22. The van der Waals surface area contributed by atoms with Gasteiger partial charge in [-0.1, -0.05) is 0 Å². The van der Waals surface area contributed by atoms with E-state index in [1.807, 2.05) is 22.6 Å². The van der Waals surface area contributed by atoms with Crippen molar-refractivity contribution < 1.29 is 13.7 Å². The highest BCUT2D eigenvalue weighted by molar-refractivity contribution is 14.1. The van der Waals surface area contributed by atoms with Crippen LogP contribution in [0.5, 0.6) is 0 Å². The molecule has 7 heteroatoms. The molecule has 0 saturated heterocycles. The minimum Gasteiger partial charge on any atom is -0.342 e. The van der Waals surface area contributed by atoms with Crippen molar-refractivity contribution in [2.45, 2.75) is 6.54 Å².